The Hall–Kier alpha value is -2.72. The lowest BCUT2D eigenvalue weighted by atomic mass is 9.96. The quantitative estimate of drug-likeness (QED) is 0.554. The van der Waals surface area contributed by atoms with Crippen molar-refractivity contribution >= 4 is 11.8 Å². The zero-order chi connectivity index (χ0) is 23.5. The van der Waals surface area contributed by atoms with Gasteiger partial charge in [-0.1, -0.05) is 20.8 Å². The predicted molar refractivity (Wildman–Crippen MR) is 120 cm³/mol. The normalized spacial score (nSPS) is 16.3. The van der Waals surface area contributed by atoms with Gasteiger partial charge in [-0.15, -0.1) is 0 Å². The van der Waals surface area contributed by atoms with Gasteiger partial charge in [-0.25, -0.2) is 0 Å². The molecule has 1 atom stereocenters. The molecule has 2 amide bonds. The third-order valence-corrected chi connectivity index (χ3v) is 6.56. The second kappa shape index (κ2) is 10.0. The summed E-state index contributed by atoms with van der Waals surface area (Å²) in [7, 11) is 1.53. The van der Waals surface area contributed by atoms with Crippen molar-refractivity contribution in [1.29, 1.82) is 0 Å². The molecular weight excluding hydrogens is 424 g/mol. The van der Waals surface area contributed by atoms with E-state index < -0.39 is 0 Å². The van der Waals surface area contributed by atoms with Crippen LogP contribution in [-0.2, 0) is 45.1 Å². The van der Waals surface area contributed by atoms with E-state index in [9.17, 15) is 9.59 Å². The number of H-pyrrole nitrogens is 2. The molecule has 0 fully saturated rings. The van der Waals surface area contributed by atoms with Crippen LogP contribution in [0.1, 0.15) is 72.9 Å². The molecule has 4 heterocycles. The Morgan fingerprint density at radius 1 is 0.939 bits per heavy atom. The number of aromatic nitrogens is 4. The summed E-state index contributed by atoms with van der Waals surface area (Å²) in [6.45, 7) is 9.33. The van der Waals surface area contributed by atoms with Crippen molar-refractivity contribution in [2.45, 2.75) is 65.1 Å². The Balaban J connectivity index is 1.24. The molecule has 0 saturated heterocycles. The van der Waals surface area contributed by atoms with Gasteiger partial charge in [0, 0.05) is 62.5 Å². The van der Waals surface area contributed by atoms with E-state index in [0.717, 1.165) is 46.7 Å². The van der Waals surface area contributed by atoms with E-state index in [-0.39, 0.29) is 30.9 Å². The van der Waals surface area contributed by atoms with Crippen LogP contribution in [0.3, 0.4) is 0 Å². The minimum absolute atomic E-state index is 0.00540. The average molecular weight is 459 g/mol. The van der Waals surface area contributed by atoms with E-state index in [4.69, 9.17) is 9.47 Å². The number of hydrogen-bond acceptors (Lipinski definition) is 6. The van der Waals surface area contributed by atoms with E-state index in [2.05, 4.69) is 41.2 Å². The van der Waals surface area contributed by atoms with Gasteiger partial charge in [-0.05, 0) is 12.3 Å². The summed E-state index contributed by atoms with van der Waals surface area (Å²) in [6, 6.07) is 0. The van der Waals surface area contributed by atoms with E-state index in [1.165, 1.54) is 7.11 Å². The summed E-state index contributed by atoms with van der Waals surface area (Å²) in [4.78, 5) is 28.5. The van der Waals surface area contributed by atoms with Crippen LogP contribution in [0.5, 0.6) is 0 Å². The minimum Gasteiger partial charge on any atom is -0.375 e. The van der Waals surface area contributed by atoms with Crippen LogP contribution < -0.4 is 0 Å². The van der Waals surface area contributed by atoms with Crippen LogP contribution in [0.15, 0.2) is 0 Å². The van der Waals surface area contributed by atoms with Gasteiger partial charge in [0.25, 0.3) is 0 Å². The van der Waals surface area contributed by atoms with E-state index in [0.29, 0.717) is 38.7 Å². The number of carbonyl (C=O) groups excluding carboxylic acids is 2. The standard InChI is InChI=1S/C23H34N6O4/c1-14(2)22-17-10-29(11-19(17)25-26-22)21(31)13-33-8-6-15(3)23-16-9-28(20(30)12-32-4)7-5-18(16)24-27-23/h14-15H,5-13H2,1-4H3,(H,24,27)(H,25,26). The summed E-state index contributed by atoms with van der Waals surface area (Å²) < 4.78 is 10.7. The maximum atomic E-state index is 12.6. The average Bonchev–Trinajstić information content (AvgIpc) is 3.49. The lowest BCUT2D eigenvalue weighted by Gasteiger charge is -2.27. The third-order valence-electron chi connectivity index (χ3n) is 6.56. The monoisotopic (exact) mass is 458 g/mol. The number of fused-ring (bicyclic) bond motifs is 2. The fraction of sp³-hybridized carbons (Fsp3) is 0.652. The number of carbonyl (C=O) groups is 2. The molecule has 0 saturated carbocycles. The fourth-order valence-corrected chi connectivity index (χ4v) is 4.62. The second-order valence-corrected chi connectivity index (χ2v) is 9.28. The fourth-order valence-electron chi connectivity index (χ4n) is 4.62. The molecule has 1 unspecified atom stereocenters. The van der Waals surface area contributed by atoms with Gasteiger partial charge in [0.05, 0.1) is 23.6 Å². The summed E-state index contributed by atoms with van der Waals surface area (Å²) in [6.07, 6.45) is 1.51. The Labute approximate surface area is 194 Å². The Bertz CT molecular complexity index is 997. The minimum atomic E-state index is -0.00796. The zero-order valence-electron chi connectivity index (χ0n) is 19.9. The number of ether oxygens (including phenoxy) is 2. The second-order valence-electron chi connectivity index (χ2n) is 9.28. The van der Waals surface area contributed by atoms with Gasteiger partial charge in [-0.3, -0.25) is 19.8 Å². The first-order valence-corrected chi connectivity index (χ1v) is 11.6. The molecule has 2 aliphatic rings. The highest BCUT2D eigenvalue weighted by molar-refractivity contribution is 5.78. The lowest BCUT2D eigenvalue weighted by Crippen LogP contribution is -2.38. The van der Waals surface area contributed by atoms with Gasteiger partial charge >= 0.3 is 0 Å². The predicted octanol–water partition coefficient (Wildman–Crippen LogP) is 1.84. The van der Waals surface area contributed by atoms with Crippen LogP contribution in [0.4, 0.5) is 0 Å². The molecule has 2 N–H and O–H groups in total. The molecular formula is C23H34N6O4. The van der Waals surface area contributed by atoms with Crippen molar-refractivity contribution in [1.82, 2.24) is 30.2 Å². The first-order valence-electron chi connectivity index (χ1n) is 11.6. The highest BCUT2D eigenvalue weighted by Gasteiger charge is 2.29. The zero-order valence-corrected chi connectivity index (χ0v) is 19.9. The maximum Gasteiger partial charge on any atom is 0.249 e. The first kappa shape index (κ1) is 23.4. The molecule has 0 radical (unpaired) electrons. The Morgan fingerprint density at radius 3 is 2.36 bits per heavy atom. The van der Waals surface area contributed by atoms with Crippen molar-refractivity contribution in [3.8, 4) is 0 Å². The Morgan fingerprint density at radius 2 is 1.61 bits per heavy atom. The maximum absolute atomic E-state index is 12.6. The number of nitrogens with one attached hydrogen (secondary N) is 2. The first-order chi connectivity index (χ1) is 15.9. The SMILES string of the molecule is COCC(=O)N1CCc2[nH]nc(C(C)CCOCC(=O)N3Cc4[nH]nc(C(C)C)c4C3)c2C1. The molecule has 0 aromatic carbocycles. The van der Waals surface area contributed by atoms with Gasteiger partial charge < -0.3 is 19.3 Å². The van der Waals surface area contributed by atoms with Crippen molar-refractivity contribution < 1.29 is 19.1 Å². The molecule has 4 rings (SSSR count). The number of nitrogens with zero attached hydrogens (tertiary/aromatic N) is 4. The molecule has 33 heavy (non-hydrogen) atoms. The third kappa shape index (κ3) is 4.96. The van der Waals surface area contributed by atoms with E-state index >= 15 is 0 Å². The summed E-state index contributed by atoms with van der Waals surface area (Å²) in [5.74, 6) is 0.472. The van der Waals surface area contributed by atoms with Crippen molar-refractivity contribution in [3.05, 3.63) is 33.9 Å². The summed E-state index contributed by atoms with van der Waals surface area (Å²) in [5, 5.41) is 15.1. The molecule has 0 spiro atoms. The number of amides is 2. The van der Waals surface area contributed by atoms with E-state index in [1.54, 1.807) is 0 Å². The smallest absolute Gasteiger partial charge is 0.249 e. The molecule has 0 bridgehead atoms. The van der Waals surface area contributed by atoms with Gasteiger partial charge in [0.2, 0.25) is 11.8 Å². The molecule has 2 aromatic heterocycles. The van der Waals surface area contributed by atoms with Crippen LogP contribution in [0.2, 0.25) is 0 Å². The number of hydrogen-bond donors (Lipinski definition) is 2. The van der Waals surface area contributed by atoms with Gasteiger partial charge in [-0.2, -0.15) is 10.2 Å². The van der Waals surface area contributed by atoms with Crippen molar-refractivity contribution in [2.75, 3.05) is 33.5 Å². The number of aromatic amines is 2. The number of rotatable bonds is 9. The van der Waals surface area contributed by atoms with Crippen LogP contribution >= 0.6 is 0 Å². The Kier molecular flexibility index (Phi) is 7.14. The number of methoxy groups -OCH3 is 1. The summed E-state index contributed by atoms with van der Waals surface area (Å²) >= 11 is 0. The van der Waals surface area contributed by atoms with Crippen LogP contribution in [0.25, 0.3) is 0 Å². The topological polar surface area (TPSA) is 116 Å². The van der Waals surface area contributed by atoms with E-state index in [1.807, 2.05) is 9.80 Å². The van der Waals surface area contributed by atoms with Crippen molar-refractivity contribution in [2.24, 2.45) is 0 Å². The largest absolute Gasteiger partial charge is 0.375 e. The van der Waals surface area contributed by atoms with Crippen molar-refractivity contribution in [3.63, 3.8) is 0 Å². The lowest BCUT2D eigenvalue weighted by molar-refractivity contribution is -0.137. The molecule has 10 nitrogen and oxygen atoms in total. The van der Waals surface area contributed by atoms with Gasteiger partial charge in [0.15, 0.2) is 0 Å². The molecule has 180 valence electrons. The molecule has 2 aliphatic heterocycles. The van der Waals surface area contributed by atoms with Crippen LogP contribution in [0, 0.1) is 0 Å². The molecule has 2 aromatic rings. The van der Waals surface area contributed by atoms with Crippen LogP contribution in [-0.4, -0.2) is 75.5 Å². The highest BCUT2D eigenvalue weighted by Crippen LogP contribution is 2.29. The highest BCUT2D eigenvalue weighted by atomic mass is 16.5. The molecule has 0 aliphatic carbocycles. The summed E-state index contributed by atoms with van der Waals surface area (Å²) in [5.41, 5.74) is 6.39. The van der Waals surface area contributed by atoms with Gasteiger partial charge in [0.1, 0.15) is 13.2 Å². The molecule has 10 heteroatoms.